The minimum atomic E-state index is -1.76. The molecule has 0 saturated carbocycles. The van der Waals surface area contributed by atoms with Gasteiger partial charge in [0, 0.05) is 37.0 Å². The lowest BCUT2D eigenvalue weighted by Crippen LogP contribution is -2.41. The van der Waals surface area contributed by atoms with Crippen LogP contribution in [0.3, 0.4) is 0 Å². The molecule has 0 aliphatic heterocycles. The van der Waals surface area contributed by atoms with Gasteiger partial charge in [-0.2, -0.15) is 0 Å². The molecule has 0 spiro atoms. The molecule has 64 heavy (non-hydrogen) atoms. The van der Waals surface area contributed by atoms with Crippen molar-refractivity contribution in [3.8, 4) is 0 Å². The van der Waals surface area contributed by atoms with E-state index in [1.807, 2.05) is 42.5 Å². The molecule has 0 fully saturated rings. The molecule has 3 aliphatic rings. The lowest BCUT2D eigenvalue weighted by atomic mass is 9.75. The van der Waals surface area contributed by atoms with Crippen LogP contribution in [0.15, 0.2) is 36.4 Å². The summed E-state index contributed by atoms with van der Waals surface area (Å²) in [5, 5.41) is 89.7. The minimum Gasteiger partial charge on any atom is -0.468 e. The van der Waals surface area contributed by atoms with Crippen molar-refractivity contribution in [1.29, 1.82) is 0 Å². The van der Waals surface area contributed by atoms with Gasteiger partial charge < -0.3 is 97.7 Å². The van der Waals surface area contributed by atoms with E-state index >= 15 is 0 Å². The van der Waals surface area contributed by atoms with E-state index in [1.165, 1.54) is 0 Å². The molecular formula is C44H56O20. The van der Waals surface area contributed by atoms with Crippen molar-refractivity contribution in [2.24, 2.45) is 0 Å². The van der Waals surface area contributed by atoms with Crippen LogP contribution in [0.5, 0.6) is 0 Å². The topological polar surface area (TPSA) is 273 Å². The first-order valence-corrected chi connectivity index (χ1v) is 21.0. The molecule has 0 radical (unpaired) electrons. The lowest BCUT2D eigenvalue weighted by Gasteiger charge is -2.37. The third kappa shape index (κ3) is 9.78. The first kappa shape index (κ1) is 48.4. The van der Waals surface area contributed by atoms with E-state index in [4.69, 9.17) is 56.8 Å². The highest BCUT2D eigenvalue weighted by molar-refractivity contribution is 6.25. The zero-order valence-electron chi connectivity index (χ0n) is 35.7. The van der Waals surface area contributed by atoms with E-state index in [2.05, 4.69) is 0 Å². The van der Waals surface area contributed by atoms with Crippen molar-refractivity contribution in [2.45, 2.75) is 103 Å². The van der Waals surface area contributed by atoms with Gasteiger partial charge in [-0.15, -0.1) is 0 Å². The van der Waals surface area contributed by atoms with Gasteiger partial charge in [0.15, 0.2) is 27.2 Å². The number of hydrogen-bond acceptors (Lipinski definition) is 20. The van der Waals surface area contributed by atoms with Crippen LogP contribution in [0.1, 0.15) is 57.5 Å². The van der Waals surface area contributed by atoms with Crippen molar-refractivity contribution in [3.05, 3.63) is 63.2 Å². The van der Waals surface area contributed by atoms with E-state index in [9.17, 15) is 40.9 Å². The van der Waals surface area contributed by atoms with Gasteiger partial charge in [0.2, 0.25) is 50.3 Å². The Labute approximate surface area is 366 Å². The van der Waals surface area contributed by atoms with Crippen LogP contribution >= 0.6 is 0 Å². The first-order chi connectivity index (χ1) is 30.9. The van der Waals surface area contributed by atoms with E-state index < -0.39 is 95.8 Å². The summed E-state index contributed by atoms with van der Waals surface area (Å²) >= 11 is 0. The normalized spacial score (nSPS) is 21.7. The number of rotatable bonds is 28. The minimum absolute atomic E-state index is 0.113. The summed E-state index contributed by atoms with van der Waals surface area (Å²) < 4.78 is 67.5. The second kappa shape index (κ2) is 21.8. The van der Waals surface area contributed by atoms with E-state index in [0.29, 0.717) is 22.8 Å². The lowest BCUT2D eigenvalue weighted by molar-refractivity contribution is -0.290. The molecule has 20 nitrogen and oxygen atoms in total. The second-order valence-electron chi connectivity index (χ2n) is 14.7. The van der Waals surface area contributed by atoms with Crippen molar-refractivity contribution in [2.75, 3.05) is 53.6 Å². The monoisotopic (exact) mass is 904 g/mol. The van der Waals surface area contributed by atoms with Crippen LogP contribution in [-0.2, 0) is 56.8 Å². The highest BCUT2D eigenvalue weighted by Crippen LogP contribution is 2.46. The largest absolute Gasteiger partial charge is 0.468 e. The third-order valence-electron chi connectivity index (χ3n) is 11.0. The highest BCUT2D eigenvalue weighted by atomic mass is 16.8. The molecule has 11 atom stereocenters. The summed E-state index contributed by atoms with van der Waals surface area (Å²) in [5.74, 6) is 0.239. The van der Waals surface area contributed by atoms with Crippen LogP contribution in [0, 0.1) is 0 Å². The molecule has 7 rings (SSSR count). The average Bonchev–Trinajstić information content (AvgIpc) is 3.29. The molecular weight excluding hydrogens is 848 g/mol. The quantitative estimate of drug-likeness (QED) is 0.0202. The summed E-state index contributed by atoms with van der Waals surface area (Å²) in [6.45, 7) is 4.93. The number of ether oxygens (including phenoxy) is 12. The molecule has 8 N–H and O–H groups in total. The van der Waals surface area contributed by atoms with Crippen LogP contribution in [0.25, 0.3) is 49.7 Å². The van der Waals surface area contributed by atoms with Gasteiger partial charge in [-0.05, 0) is 88.2 Å². The van der Waals surface area contributed by atoms with Crippen molar-refractivity contribution >= 4 is 49.7 Å². The molecule has 4 aromatic carbocycles. The molecule has 0 amide bonds. The Kier molecular flexibility index (Phi) is 16.5. The van der Waals surface area contributed by atoms with Crippen LogP contribution < -0.4 is 15.7 Å². The number of hydrogen-bond donors (Lipinski definition) is 8. The fourth-order valence-electron chi connectivity index (χ4n) is 8.36. The Hall–Kier alpha value is -3.56. The van der Waals surface area contributed by atoms with Crippen molar-refractivity contribution in [3.63, 3.8) is 0 Å². The maximum Gasteiger partial charge on any atom is 0.210 e. The van der Waals surface area contributed by atoms with E-state index in [0.717, 1.165) is 48.3 Å². The predicted octanol–water partition coefficient (Wildman–Crippen LogP) is -0.558. The van der Waals surface area contributed by atoms with E-state index in [1.54, 1.807) is 27.7 Å². The van der Waals surface area contributed by atoms with Gasteiger partial charge in [-0.3, -0.25) is 0 Å². The molecule has 20 heteroatoms. The Balaban J connectivity index is 1.39. The van der Waals surface area contributed by atoms with Crippen molar-refractivity contribution in [1.82, 2.24) is 0 Å². The predicted molar refractivity (Wildman–Crippen MR) is 221 cm³/mol. The fourth-order valence-corrected chi connectivity index (χ4v) is 8.36. The van der Waals surface area contributed by atoms with Crippen LogP contribution in [0.4, 0.5) is 0 Å². The maximum absolute atomic E-state index is 10.5. The van der Waals surface area contributed by atoms with Gasteiger partial charge in [-0.25, -0.2) is 0 Å². The molecule has 11 unspecified atom stereocenters. The standard InChI is InChI=1S/C44H56O20/c1-5-53-37(45)41(49)61-17-57-33-23-13-9-21-11-15-25-31-27(21)29(23)30-24(34(33)58-18-62-42(50)38(46)54-6-2)14-10-22-12-16-26(32(31)28(22)30)36(60-20-64-44(52)40(48)56-8-4)35(25)59-19-63-43(51)39(47)55-7-3/h9-15,33,35-52H,5-8,16-20H2,1-4H3. The van der Waals surface area contributed by atoms with Crippen molar-refractivity contribution < 1.29 is 97.7 Å². The fraction of sp³-hybridized carbons (Fsp3) is 0.545. The third-order valence-corrected chi connectivity index (χ3v) is 11.0. The molecule has 4 aromatic rings. The van der Waals surface area contributed by atoms with Gasteiger partial charge >= 0.3 is 0 Å². The smallest absolute Gasteiger partial charge is 0.210 e. The molecule has 0 bridgehead atoms. The van der Waals surface area contributed by atoms with Crippen LogP contribution in [-0.4, -0.2) is 151 Å². The Morgan fingerprint density at radius 2 is 0.953 bits per heavy atom. The summed E-state index contributed by atoms with van der Waals surface area (Å²) in [6, 6.07) is 11.4. The molecule has 3 aliphatic carbocycles. The molecule has 352 valence electrons. The van der Waals surface area contributed by atoms with Gasteiger partial charge in [-0.1, -0.05) is 42.5 Å². The van der Waals surface area contributed by atoms with Gasteiger partial charge in [0.05, 0.1) is 0 Å². The number of aliphatic hydroxyl groups excluding tert-OH is 8. The summed E-state index contributed by atoms with van der Waals surface area (Å²) in [4.78, 5) is 0. The summed E-state index contributed by atoms with van der Waals surface area (Å²) in [5.41, 5.74) is 2.07. The first-order valence-electron chi connectivity index (χ1n) is 21.0. The highest BCUT2D eigenvalue weighted by Gasteiger charge is 2.39. The zero-order valence-corrected chi connectivity index (χ0v) is 35.7. The molecule has 0 heterocycles. The maximum atomic E-state index is 10.5. The van der Waals surface area contributed by atoms with Crippen LogP contribution in [0.2, 0.25) is 0 Å². The Morgan fingerprint density at radius 1 is 0.469 bits per heavy atom. The Morgan fingerprint density at radius 3 is 1.50 bits per heavy atom. The average molecular weight is 905 g/mol. The molecule has 0 aromatic heterocycles. The van der Waals surface area contributed by atoms with Gasteiger partial charge in [0.25, 0.3) is 0 Å². The number of aliphatic hydroxyl groups is 8. The Bertz CT molecular complexity index is 2390. The molecule has 0 saturated heterocycles. The second-order valence-corrected chi connectivity index (χ2v) is 14.7. The number of benzene rings is 4. The zero-order chi connectivity index (χ0) is 45.7. The summed E-state index contributed by atoms with van der Waals surface area (Å²) in [7, 11) is 0. The van der Waals surface area contributed by atoms with Gasteiger partial charge in [0.1, 0.15) is 24.1 Å². The SMILES string of the molecule is CCOC(O)C(O)OCOC1=c2ccc3c4c5c6c(ccc7ccc(c(c24)c76)C1OCOC(O)C(O)OCC)C(OCOC(O)C(O)OCC)C(OCOC(O)C(O)OCC)C=5CC=3. The van der Waals surface area contributed by atoms with E-state index in [-0.39, 0.29) is 32.2 Å². The summed E-state index contributed by atoms with van der Waals surface area (Å²) in [6.07, 6.45) is -14.0.